The highest BCUT2D eigenvalue weighted by Crippen LogP contribution is 2.31. The largest absolute Gasteiger partial charge is 0.367 e. The van der Waals surface area contributed by atoms with Crippen molar-refractivity contribution in [2.24, 2.45) is 0 Å². The van der Waals surface area contributed by atoms with Gasteiger partial charge in [0.2, 0.25) is 0 Å². The molecule has 2 nitrogen and oxygen atoms in total. The van der Waals surface area contributed by atoms with Crippen LogP contribution in [0.25, 0.3) is 10.9 Å². The SMILES string of the molecule is CC1CSCCN1c1cc(CCl)nc2ccccc12. The first-order chi connectivity index (χ1) is 9.29. The van der Waals surface area contributed by atoms with E-state index in [-0.39, 0.29) is 0 Å². The molecule has 19 heavy (non-hydrogen) atoms. The van der Waals surface area contributed by atoms with Crippen molar-refractivity contribution < 1.29 is 0 Å². The van der Waals surface area contributed by atoms with E-state index in [1.807, 2.05) is 17.8 Å². The lowest BCUT2D eigenvalue weighted by Crippen LogP contribution is -2.40. The minimum atomic E-state index is 0.467. The first-order valence-corrected chi connectivity index (χ1v) is 8.27. The van der Waals surface area contributed by atoms with Crippen molar-refractivity contribution in [3.8, 4) is 0 Å². The summed E-state index contributed by atoms with van der Waals surface area (Å²) < 4.78 is 0. The summed E-state index contributed by atoms with van der Waals surface area (Å²) in [6.45, 7) is 3.39. The molecule has 2 aromatic rings. The Bertz CT molecular complexity index is 587. The van der Waals surface area contributed by atoms with Crippen LogP contribution in [0.2, 0.25) is 0 Å². The van der Waals surface area contributed by atoms with Crippen molar-refractivity contribution in [1.29, 1.82) is 0 Å². The van der Waals surface area contributed by atoms with Crippen LogP contribution in [0, 0.1) is 0 Å². The number of hydrogen-bond donors (Lipinski definition) is 0. The van der Waals surface area contributed by atoms with Crippen LogP contribution in [-0.2, 0) is 5.88 Å². The maximum absolute atomic E-state index is 5.99. The van der Waals surface area contributed by atoms with Crippen LogP contribution in [-0.4, -0.2) is 29.1 Å². The second-order valence-electron chi connectivity index (χ2n) is 4.90. The molecule has 2 heterocycles. The van der Waals surface area contributed by atoms with Gasteiger partial charge in [0, 0.05) is 35.2 Å². The average molecular weight is 293 g/mol. The lowest BCUT2D eigenvalue weighted by Gasteiger charge is -2.36. The van der Waals surface area contributed by atoms with Gasteiger partial charge < -0.3 is 4.90 Å². The average Bonchev–Trinajstić information content (AvgIpc) is 2.46. The van der Waals surface area contributed by atoms with E-state index >= 15 is 0 Å². The summed E-state index contributed by atoms with van der Waals surface area (Å²) in [5.41, 5.74) is 3.29. The Morgan fingerprint density at radius 1 is 1.42 bits per heavy atom. The lowest BCUT2D eigenvalue weighted by molar-refractivity contribution is 0.702. The Hall–Kier alpha value is -0.930. The normalized spacial score (nSPS) is 19.9. The van der Waals surface area contributed by atoms with Gasteiger partial charge in [0.15, 0.2) is 0 Å². The summed E-state index contributed by atoms with van der Waals surface area (Å²) >= 11 is 8.02. The molecule has 1 unspecified atom stereocenters. The molecule has 100 valence electrons. The van der Waals surface area contributed by atoms with Crippen LogP contribution in [0.5, 0.6) is 0 Å². The first kappa shape index (κ1) is 13.1. The van der Waals surface area contributed by atoms with Crippen molar-refractivity contribution >= 4 is 40.0 Å². The number of hydrogen-bond acceptors (Lipinski definition) is 3. The Morgan fingerprint density at radius 3 is 3.05 bits per heavy atom. The van der Waals surface area contributed by atoms with E-state index in [9.17, 15) is 0 Å². The molecule has 1 aliphatic rings. The number of fused-ring (bicyclic) bond motifs is 1. The molecular formula is C15H17ClN2S. The fraction of sp³-hybridized carbons (Fsp3) is 0.400. The number of rotatable bonds is 2. The summed E-state index contributed by atoms with van der Waals surface area (Å²) in [5, 5.41) is 1.23. The Balaban J connectivity index is 2.14. The zero-order valence-corrected chi connectivity index (χ0v) is 12.5. The second-order valence-corrected chi connectivity index (χ2v) is 6.32. The molecule has 3 rings (SSSR count). The summed E-state index contributed by atoms with van der Waals surface area (Å²) in [4.78, 5) is 7.11. The van der Waals surface area contributed by atoms with Crippen LogP contribution in [0.4, 0.5) is 5.69 Å². The molecule has 1 aromatic heterocycles. The molecule has 0 radical (unpaired) electrons. The third-order valence-corrected chi connectivity index (χ3v) is 5.02. The zero-order valence-electron chi connectivity index (χ0n) is 11.0. The number of nitrogens with zero attached hydrogens (tertiary/aromatic N) is 2. The highest BCUT2D eigenvalue weighted by molar-refractivity contribution is 7.99. The van der Waals surface area contributed by atoms with Gasteiger partial charge in [0.1, 0.15) is 0 Å². The summed E-state index contributed by atoms with van der Waals surface area (Å²) in [7, 11) is 0. The molecule has 1 fully saturated rings. The van der Waals surface area contributed by atoms with Gasteiger partial charge in [-0.05, 0) is 19.1 Å². The van der Waals surface area contributed by atoms with Crippen molar-refractivity contribution in [2.75, 3.05) is 23.0 Å². The molecular weight excluding hydrogens is 276 g/mol. The van der Waals surface area contributed by atoms with Crippen molar-refractivity contribution in [1.82, 2.24) is 4.98 Å². The van der Waals surface area contributed by atoms with Gasteiger partial charge in [-0.2, -0.15) is 11.8 Å². The Kier molecular flexibility index (Phi) is 3.85. The number of benzene rings is 1. The van der Waals surface area contributed by atoms with Crippen LogP contribution < -0.4 is 4.90 Å². The van der Waals surface area contributed by atoms with Gasteiger partial charge in [-0.25, -0.2) is 0 Å². The number of alkyl halides is 1. The minimum Gasteiger partial charge on any atom is -0.367 e. The van der Waals surface area contributed by atoms with Crippen molar-refractivity contribution in [2.45, 2.75) is 18.8 Å². The molecule has 0 bridgehead atoms. The molecule has 1 aliphatic heterocycles. The van der Waals surface area contributed by atoms with Gasteiger partial charge >= 0.3 is 0 Å². The van der Waals surface area contributed by atoms with Crippen LogP contribution in [0.3, 0.4) is 0 Å². The van der Waals surface area contributed by atoms with E-state index in [1.54, 1.807) is 0 Å². The fourth-order valence-electron chi connectivity index (χ4n) is 2.60. The third-order valence-electron chi connectivity index (χ3n) is 3.56. The zero-order chi connectivity index (χ0) is 13.2. The van der Waals surface area contributed by atoms with Gasteiger partial charge in [-0.1, -0.05) is 18.2 Å². The summed E-state index contributed by atoms with van der Waals surface area (Å²) in [6, 6.07) is 11.1. The number of aromatic nitrogens is 1. The Morgan fingerprint density at radius 2 is 2.26 bits per heavy atom. The molecule has 0 spiro atoms. The van der Waals surface area contributed by atoms with E-state index < -0.39 is 0 Å². The number of pyridine rings is 1. The minimum absolute atomic E-state index is 0.467. The summed E-state index contributed by atoms with van der Waals surface area (Å²) in [5.74, 6) is 2.85. The maximum Gasteiger partial charge on any atom is 0.0726 e. The third kappa shape index (κ3) is 2.54. The van der Waals surface area contributed by atoms with E-state index in [0.717, 1.165) is 17.8 Å². The van der Waals surface area contributed by atoms with Crippen LogP contribution in [0.15, 0.2) is 30.3 Å². The molecule has 0 saturated carbocycles. The maximum atomic E-state index is 5.99. The van der Waals surface area contributed by atoms with E-state index in [0.29, 0.717) is 11.9 Å². The molecule has 4 heteroatoms. The highest BCUT2D eigenvalue weighted by atomic mass is 35.5. The Labute approximate surface area is 123 Å². The predicted molar refractivity (Wildman–Crippen MR) is 85.4 cm³/mol. The van der Waals surface area contributed by atoms with E-state index in [1.165, 1.54) is 22.6 Å². The van der Waals surface area contributed by atoms with Gasteiger partial charge in [-0.15, -0.1) is 11.6 Å². The van der Waals surface area contributed by atoms with E-state index in [4.69, 9.17) is 11.6 Å². The summed E-state index contributed by atoms with van der Waals surface area (Å²) in [6.07, 6.45) is 0. The highest BCUT2D eigenvalue weighted by Gasteiger charge is 2.21. The molecule has 1 saturated heterocycles. The molecule has 0 amide bonds. The van der Waals surface area contributed by atoms with E-state index in [2.05, 4.69) is 41.1 Å². The van der Waals surface area contributed by atoms with Gasteiger partial charge in [0.05, 0.1) is 17.1 Å². The number of thioether (sulfide) groups is 1. The van der Waals surface area contributed by atoms with Gasteiger partial charge in [-0.3, -0.25) is 4.98 Å². The molecule has 1 atom stereocenters. The first-order valence-electron chi connectivity index (χ1n) is 6.58. The number of para-hydroxylation sites is 1. The monoisotopic (exact) mass is 292 g/mol. The van der Waals surface area contributed by atoms with Crippen molar-refractivity contribution in [3.63, 3.8) is 0 Å². The van der Waals surface area contributed by atoms with Crippen molar-refractivity contribution in [3.05, 3.63) is 36.0 Å². The predicted octanol–water partition coefficient (Wildman–Crippen LogP) is 3.92. The molecule has 1 aromatic carbocycles. The fourth-order valence-corrected chi connectivity index (χ4v) is 3.75. The molecule has 0 N–H and O–H groups in total. The second kappa shape index (κ2) is 5.59. The topological polar surface area (TPSA) is 16.1 Å². The van der Waals surface area contributed by atoms with Crippen LogP contribution >= 0.6 is 23.4 Å². The lowest BCUT2D eigenvalue weighted by atomic mass is 10.1. The smallest absolute Gasteiger partial charge is 0.0726 e. The number of anilines is 1. The standard InChI is InChI=1S/C15H17ClN2S/c1-11-10-19-7-6-18(11)15-8-12(9-16)17-14-5-3-2-4-13(14)15/h2-5,8,11H,6-7,9-10H2,1H3. The quantitative estimate of drug-likeness (QED) is 0.781. The number of halogens is 1. The van der Waals surface area contributed by atoms with Gasteiger partial charge in [0.25, 0.3) is 0 Å². The molecule has 0 aliphatic carbocycles. The van der Waals surface area contributed by atoms with Crippen LogP contribution in [0.1, 0.15) is 12.6 Å².